The quantitative estimate of drug-likeness (QED) is 0.707. The predicted octanol–water partition coefficient (Wildman–Crippen LogP) is 4.50. The molecule has 0 saturated heterocycles. The molecule has 1 nitrogen and oxygen atoms in total. The molecule has 18 heavy (non-hydrogen) atoms. The predicted molar refractivity (Wildman–Crippen MR) is 73.2 cm³/mol. The first-order valence-electron chi connectivity index (χ1n) is 7.17. The average Bonchev–Trinajstić information content (AvgIpc) is 2.37. The van der Waals surface area contributed by atoms with E-state index in [0.29, 0.717) is 5.41 Å². The van der Waals surface area contributed by atoms with Crippen LogP contribution in [0.25, 0.3) is 0 Å². The SMILES string of the molecule is Cc1ccc(C2(C#N)CC3(CCCCC3)C2)cc1. The Morgan fingerprint density at radius 2 is 1.61 bits per heavy atom. The van der Waals surface area contributed by atoms with E-state index in [0.717, 1.165) is 12.8 Å². The van der Waals surface area contributed by atoms with Gasteiger partial charge in [0.1, 0.15) is 0 Å². The smallest absolute Gasteiger partial charge is 0.0833 e. The van der Waals surface area contributed by atoms with Gasteiger partial charge in [-0.05, 0) is 43.6 Å². The van der Waals surface area contributed by atoms with Gasteiger partial charge in [0.15, 0.2) is 0 Å². The molecule has 94 valence electrons. The van der Waals surface area contributed by atoms with Crippen molar-refractivity contribution in [2.45, 2.75) is 57.3 Å². The Balaban J connectivity index is 1.82. The largest absolute Gasteiger partial charge is 0.197 e. The fourth-order valence-corrected chi connectivity index (χ4v) is 4.10. The Bertz CT molecular complexity index is 463. The fraction of sp³-hybridized carbons (Fsp3) is 0.588. The lowest BCUT2D eigenvalue weighted by Crippen LogP contribution is -2.49. The standard InChI is InChI=1S/C17H21N/c1-14-5-7-15(8-6-14)17(13-18)11-16(12-17)9-3-2-4-10-16/h5-8H,2-4,9-12H2,1H3. The zero-order valence-electron chi connectivity index (χ0n) is 11.2. The van der Waals surface area contributed by atoms with E-state index in [1.54, 1.807) is 0 Å². The molecule has 2 aliphatic rings. The van der Waals surface area contributed by atoms with Crippen LogP contribution in [-0.4, -0.2) is 0 Å². The highest BCUT2D eigenvalue weighted by atomic mass is 14.6. The highest BCUT2D eigenvalue weighted by Gasteiger charge is 2.55. The van der Waals surface area contributed by atoms with E-state index in [1.165, 1.54) is 43.2 Å². The van der Waals surface area contributed by atoms with Gasteiger partial charge in [-0.1, -0.05) is 49.1 Å². The van der Waals surface area contributed by atoms with Crippen LogP contribution in [0.5, 0.6) is 0 Å². The summed E-state index contributed by atoms with van der Waals surface area (Å²) in [4.78, 5) is 0. The van der Waals surface area contributed by atoms with E-state index in [-0.39, 0.29) is 5.41 Å². The first-order valence-corrected chi connectivity index (χ1v) is 7.17. The molecule has 2 saturated carbocycles. The first kappa shape index (κ1) is 11.8. The maximum Gasteiger partial charge on any atom is 0.0833 e. The molecule has 0 radical (unpaired) electrons. The van der Waals surface area contributed by atoms with Gasteiger partial charge in [0.25, 0.3) is 0 Å². The van der Waals surface area contributed by atoms with Gasteiger partial charge < -0.3 is 0 Å². The molecule has 3 rings (SSSR count). The lowest BCUT2D eigenvalue weighted by Gasteiger charge is -2.55. The van der Waals surface area contributed by atoms with Crippen molar-refractivity contribution < 1.29 is 0 Å². The Kier molecular flexibility index (Phi) is 2.70. The Morgan fingerprint density at radius 3 is 2.17 bits per heavy atom. The Hall–Kier alpha value is -1.29. The fourth-order valence-electron chi connectivity index (χ4n) is 4.10. The van der Waals surface area contributed by atoms with Gasteiger partial charge in [-0.25, -0.2) is 0 Å². The topological polar surface area (TPSA) is 23.8 Å². The van der Waals surface area contributed by atoms with Crippen molar-refractivity contribution in [3.05, 3.63) is 35.4 Å². The van der Waals surface area contributed by atoms with E-state index in [2.05, 4.69) is 37.3 Å². The second-order valence-electron chi connectivity index (χ2n) is 6.47. The third kappa shape index (κ3) is 1.75. The second kappa shape index (κ2) is 4.12. The van der Waals surface area contributed by atoms with Gasteiger partial charge in [0.05, 0.1) is 11.5 Å². The van der Waals surface area contributed by atoms with Gasteiger partial charge in [0, 0.05) is 0 Å². The summed E-state index contributed by atoms with van der Waals surface area (Å²) < 4.78 is 0. The minimum Gasteiger partial charge on any atom is -0.197 e. The van der Waals surface area contributed by atoms with Crippen LogP contribution in [0.3, 0.4) is 0 Å². The summed E-state index contributed by atoms with van der Waals surface area (Å²) in [5, 5.41) is 9.62. The van der Waals surface area contributed by atoms with Crippen molar-refractivity contribution in [3.8, 4) is 6.07 Å². The number of benzene rings is 1. The molecule has 2 fully saturated rings. The number of hydrogen-bond donors (Lipinski definition) is 0. The van der Waals surface area contributed by atoms with Crippen LogP contribution in [-0.2, 0) is 5.41 Å². The van der Waals surface area contributed by atoms with Crippen LogP contribution in [0, 0.1) is 23.7 Å². The van der Waals surface area contributed by atoms with Crippen molar-refractivity contribution in [1.82, 2.24) is 0 Å². The normalized spacial score (nSPS) is 24.2. The molecule has 0 amide bonds. The molecule has 1 spiro atoms. The van der Waals surface area contributed by atoms with Crippen molar-refractivity contribution >= 4 is 0 Å². The van der Waals surface area contributed by atoms with Crippen molar-refractivity contribution in [3.63, 3.8) is 0 Å². The number of rotatable bonds is 1. The zero-order valence-corrected chi connectivity index (χ0v) is 11.2. The van der Waals surface area contributed by atoms with Crippen LogP contribution in [0.15, 0.2) is 24.3 Å². The summed E-state index contributed by atoms with van der Waals surface area (Å²) in [6.07, 6.45) is 9.03. The highest BCUT2D eigenvalue weighted by molar-refractivity contribution is 5.39. The molecule has 2 aliphatic carbocycles. The lowest BCUT2D eigenvalue weighted by atomic mass is 9.47. The van der Waals surface area contributed by atoms with E-state index >= 15 is 0 Å². The first-order chi connectivity index (χ1) is 8.68. The van der Waals surface area contributed by atoms with E-state index < -0.39 is 0 Å². The summed E-state index contributed by atoms with van der Waals surface area (Å²) >= 11 is 0. The van der Waals surface area contributed by atoms with Crippen molar-refractivity contribution in [2.75, 3.05) is 0 Å². The van der Waals surface area contributed by atoms with Gasteiger partial charge in [-0.15, -0.1) is 0 Å². The summed E-state index contributed by atoms with van der Waals surface area (Å²) in [6.45, 7) is 2.10. The number of nitrogens with zero attached hydrogens (tertiary/aromatic N) is 1. The zero-order chi connectivity index (χ0) is 12.6. The maximum absolute atomic E-state index is 9.62. The van der Waals surface area contributed by atoms with Crippen LogP contribution in [0.4, 0.5) is 0 Å². The Labute approximate surface area is 110 Å². The summed E-state index contributed by atoms with van der Waals surface area (Å²) in [5.41, 5.74) is 2.86. The molecular formula is C17H21N. The molecule has 1 aromatic carbocycles. The monoisotopic (exact) mass is 239 g/mol. The lowest BCUT2D eigenvalue weighted by molar-refractivity contribution is 0.0168. The third-order valence-electron chi connectivity index (χ3n) is 5.09. The molecule has 0 aromatic heterocycles. The van der Waals surface area contributed by atoms with Crippen LogP contribution in [0.1, 0.15) is 56.1 Å². The molecule has 0 heterocycles. The van der Waals surface area contributed by atoms with Gasteiger partial charge in [0.2, 0.25) is 0 Å². The van der Waals surface area contributed by atoms with Crippen LogP contribution >= 0.6 is 0 Å². The van der Waals surface area contributed by atoms with Gasteiger partial charge in [-0.3, -0.25) is 0 Å². The summed E-state index contributed by atoms with van der Waals surface area (Å²) in [5.74, 6) is 0. The minimum atomic E-state index is -0.176. The summed E-state index contributed by atoms with van der Waals surface area (Å²) in [6, 6.07) is 11.2. The number of aryl methyl sites for hydroxylation is 1. The number of hydrogen-bond acceptors (Lipinski definition) is 1. The minimum absolute atomic E-state index is 0.176. The van der Waals surface area contributed by atoms with Gasteiger partial charge >= 0.3 is 0 Å². The van der Waals surface area contributed by atoms with Crippen molar-refractivity contribution in [1.29, 1.82) is 5.26 Å². The van der Waals surface area contributed by atoms with Crippen LogP contribution in [0.2, 0.25) is 0 Å². The van der Waals surface area contributed by atoms with Crippen molar-refractivity contribution in [2.24, 2.45) is 5.41 Å². The molecule has 0 bridgehead atoms. The summed E-state index contributed by atoms with van der Waals surface area (Å²) in [7, 11) is 0. The van der Waals surface area contributed by atoms with E-state index in [1.807, 2.05) is 0 Å². The maximum atomic E-state index is 9.62. The second-order valence-corrected chi connectivity index (χ2v) is 6.47. The molecule has 0 unspecified atom stereocenters. The molecule has 0 atom stereocenters. The molecule has 1 heteroatoms. The number of nitriles is 1. The Morgan fingerprint density at radius 1 is 1.00 bits per heavy atom. The highest BCUT2D eigenvalue weighted by Crippen LogP contribution is 2.61. The van der Waals surface area contributed by atoms with Crippen LogP contribution < -0.4 is 0 Å². The van der Waals surface area contributed by atoms with Gasteiger partial charge in [-0.2, -0.15) is 5.26 Å². The average molecular weight is 239 g/mol. The molecule has 0 N–H and O–H groups in total. The van der Waals surface area contributed by atoms with E-state index in [4.69, 9.17) is 0 Å². The molecule has 1 aromatic rings. The molecular weight excluding hydrogens is 218 g/mol. The third-order valence-corrected chi connectivity index (χ3v) is 5.09. The van der Waals surface area contributed by atoms with E-state index in [9.17, 15) is 5.26 Å². The molecule has 0 aliphatic heterocycles.